The number of rotatable bonds is 3. The molecule has 0 spiro atoms. The van der Waals surface area contributed by atoms with E-state index >= 15 is 0 Å². The van der Waals surface area contributed by atoms with Crippen LogP contribution in [0.15, 0.2) is 18.2 Å². The zero-order valence-corrected chi connectivity index (χ0v) is 6.55. The molecule has 0 saturated carbocycles. The van der Waals surface area contributed by atoms with E-state index in [0.717, 1.165) is 12.1 Å². The Morgan fingerprint density at radius 2 is 2.08 bits per heavy atom. The number of hydrogen-bond acceptors (Lipinski definition) is 2. The summed E-state index contributed by atoms with van der Waals surface area (Å²) in [4.78, 5) is 10.1. The molecule has 0 heterocycles. The SMILES string of the molecule is O=C(O)CNc1ccc(F)c(F)c1. The molecule has 1 rings (SSSR count). The lowest BCUT2D eigenvalue weighted by Gasteiger charge is -2.02. The van der Waals surface area contributed by atoms with Gasteiger partial charge in [-0.3, -0.25) is 4.79 Å². The number of halogens is 2. The van der Waals surface area contributed by atoms with Gasteiger partial charge in [0.2, 0.25) is 0 Å². The Hall–Kier alpha value is -1.65. The van der Waals surface area contributed by atoms with Crippen LogP contribution in [0.1, 0.15) is 0 Å². The van der Waals surface area contributed by atoms with Crippen molar-refractivity contribution in [1.82, 2.24) is 0 Å². The van der Waals surface area contributed by atoms with Crippen LogP contribution in [0, 0.1) is 11.6 Å². The fraction of sp³-hybridized carbons (Fsp3) is 0.125. The molecule has 13 heavy (non-hydrogen) atoms. The number of carbonyl (C=O) groups is 1. The maximum atomic E-state index is 12.5. The lowest BCUT2D eigenvalue weighted by atomic mass is 10.3. The summed E-state index contributed by atoms with van der Waals surface area (Å²) in [6.07, 6.45) is 0. The number of carboxylic acid groups (broad SMARTS) is 1. The topological polar surface area (TPSA) is 49.3 Å². The molecule has 1 aromatic carbocycles. The highest BCUT2D eigenvalue weighted by Gasteiger charge is 2.02. The first-order valence-electron chi connectivity index (χ1n) is 3.50. The van der Waals surface area contributed by atoms with E-state index < -0.39 is 17.6 Å². The van der Waals surface area contributed by atoms with Crippen molar-refractivity contribution in [2.45, 2.75) is 0 Å². The van der Waals surface area contributed by atoms with Gasteiger partial charge in [-0.15, -0.1) is 0 Å². The second kappa shape index (κ2) is 3.84. The predicted molar refractivity (Wildman–Crippen MR) is 42.5 cm³/mol. The highest BCUT2D eigenvalue weighted by molar-refractivity contribution is 5.72. The third kappa shape index (κ3) is 2.70. The summed E-state index contributed by atoms with van der Waals surface area (Å²) in [6, 6.07) is 3.10. The van der Waals surface area contributed by atoms with Gasteiger partial charge in [-0.25, -0.2) is 8.78 Å². The van der Waals surface area contributed by atoms with E-state index in [-0.39, 0.29) is 12.2 Å². The molecule has 3 nitrogen and oxygen atoms in total. The summed E-state index contributed by atoms with van der Waals surface area (Å²) in [5.74, 6) is -3.03. The molecule has 5 heteroatoms. The molecule has 2 N–H and O–H groups in total. The van der Waals surface area contributed by atoms with Crippen LogP contribution < -0.4 is 5.32 Å². The number of aliphatic carboxylic acids is 1. The van der Waals surface area contributed by atoms with Crippen molar-refractivity contribution >= 4 is 11.7 Å². The monoisotopic (exact) mass is 187 g/mol. The van der Waals surface area contributed by atoms with Crippen LogP contribution in [0.4, 0.5) is 14.5 Å². The number of nitrogens with one attached hydrogen (secondary N) is 1. The third-order valence-corrected chi connectivity index (χ3v) is 1.36. The van der Waals surface area contributed by atoms with Crippen molar-refractivity contribution in [3.05, 3.63) is 29.8 Å². The van der Waals surface area contributed by atoms with E-state index in [4.69, 9.17) is 5.11 Å². The van der Waals surface area contributed by atoms with Crippen LogP contribution in [0.5, 0.6) is 0 Å². The summed E-state index contributed by atoms with van der Waals surface area (Å²) < 4.78 is 24.9. The molecule has 0 atom stereocenters. The maximum Gasteiger partial charge on any atom is 0.322 e. The highest BCUT2D eigenvalue weighted by Crippen LogP contribution is 2.12. The number of carboxylic acids is 1. The number of hydrogen-bond donors (Lipinski definition) is 2. The van der Waals surface area contributed by atoms with Crippen LogP contribution in [0.25, 0.3) is 0 Å². The molecule has 0 aliphatic carbocycles. The summed E-state index contributed by atoms with van der Waals surface area (Å²) in [5, 5.41) is 10.7. The van der Waals surface area contributed by atoms with Gasteiger partial charge in [0, 0.05) is 11.8 Å². The van der Waals surface area contributed by atoms with Crippen molar-refractivity contribution in [3.8, 4) is 0 Å². The second-order valence-electron chi connectivity index (χ2n) is 2.38. The first-order valence-corrected chi connectivity index (χ1v) is 3.50. The predicted octanol–water partition coefficient (Wildman–Crippen LogP) is 1.46. The van der Waals surface area contributed by atoms with Gasteiger partial charge in [-0.2, -0.15) is 0 Å². The van der Waals surface area contributed by atoms with Gasteiger partial charge in [0.15, 0.2) is 11.6 Å². The average molecular weight is 187 g/mol. The Bertz CT molecular complexity index is 328. The fourth-order valence-electron chi connectivity index (χ4n) is 0.784. The third-order valence-electron chi connectivity index (χ3n) is 1.36. The standard InChI is InChI=1S/C8H7F2NO2/c9-6-2-1-5(3-7(6)10)11-4-8(12)13/h1-3,11H,4H2,(H,12,13). The molecule has 0 aromatic heterocycles. The van der Waals surface area contributed by atoms with Gasteiger partial charge in [-0.1, -0.05) is 0 Å². The van der Waals surface area contributed by atoms with Crippen LogP contribution >= 0.6 is 0 Å². The molecule has 0 fully saturated rings. The normalized spacial score (nSPS) is 9.69. The van der Waals surface area contributed by atoms with E-state index in [0.29, 0.717) is 0 Å². The zero-order chi connectivity index (χ0) is 9.84. The quantitative estimate of drug-likeness (QED) is 0.753. The first kappa shape index (κ1) is 9.44. The minimum Gasteiger partial charge on any atom is -0.480 e. The first-order chi connectivity index (χ1) is 6.09. The molecule has 0 radical (unpaired) electrons. The molecule has 0 saturated heterocycles. The van der Waals surface area contributed by atoms with Gasteiger partial charge in [0.05, 0.1) is 0 Å². The molecule has 0 amide bonds. The number of benzene rings is 1. The summed E-state index contributed by atoms with van der Waals surface area (Å²) in [6.45, 7) is -0.328. The fourth-order valence-corrected chi connectivity index (χ4v) is 0.784. The Balaban J connectivity index is 2.68. The summed E-state index contributed by atoms with van der Waals surface area (Å²) >= 11 is 0. The largest absolute Gasteiger partial charge is 0.480 e. The molecular formula is C8H7F2NO2. The van der Waals surface area contributed by atoms with Crippen molar-refractivity contribution in [3.63, 3.8) is 0 Å². The van der Waals surface area contributed by atoms with Crippen molar-refractivity contribution < 1.29 is 18.7 Å². The minimum atomic E-state index is -1.07. The molecule has 0 aliphatic rings. The molecule has 70 valence electrons. The van der Waals surface area contributed by atoms with Crippen LogP contribution in [0.2, 0.25) is 0 Å². The van der Waals surface area contributed by atoms with Gasteiger partial charge in [0.1, 0.15) is 6.54 Å². The van der Waals surface area contributed by atoms with Crippen molar-refractivity contribution in [2.75, 3.05) is 11.9 Å². The van der Waals surface area contributed by atoms with E-state index in [9.17, 15) is 13.6 Å². The molecule has 0 unspecified atom stereocenters. The second-order valence-corrected chi connectivity index (χ2v) is 2.38. The van der Waals surface area contributed by atoms with Gasteiger partial charge in [-0.05, 0) is 12.1 Å². The van der Waals surface area contributed by atoms with Gasteiger partial charge in [0.25, 0.3) is 0 Å². The maximum absolute atomic E-state index is 12.5. The summed E-state index contributed by atoms with van der Waals surface area (Å²) in [7, 11) is 0. The highest BCUT2D eigenvalue weighted by atomic mass is 19.2. The van der Waals surface area contributed by atoms with Crippen LogP contribution in [-0.4, -0.2) is 17.6 Å². The smallest absolute Gasteiger partial charge is 0.322 e. The molecule has 1 aromatic rings. The van der Waals surface area contributed by atoms with Crippen LogP contribution in [-0.2, 0) is 4.79 Å². The van der Waals surface area contributed by atoms with Crippen molar-refractivity contribution in [2.24, 2.45) is 0 Å². The van der Waals surface area contributed by atoms with Gasteiger partial charge < -0.3 is 10.4 Å². The van der Waals surface area contributed by atoms with E-state index in [1.807, 2.05) is 0 Å². The zero-order valence-electron chi connectivity index (χ0n) is 6.55. The van der Waals surface area contributed by atoms with Gasteiger partial charge >= 0.3 is 5.97 Å². The minimum absolute atomic E-state index is 0.237. The molecule has 0 bridgehead atoms. The lowest BCUT2D eigenvalue weighted by Crippen LogP contribution is -2.12. The lowest BCUT2D eigenvalue weighted by molar-refractivity contribution is -0.134. The van der Waals surface area contributed by atoms with Crippen LogP contribution in [0.3, 0.4) is 0 Å². The molecule has 0 aliphatic heterocycles. The van der Waals surface area contributed by atoms with E-state index in [1.54, 1.807) is 0 Å². The van der Waals surface area contributed by atoms with E-state index in [2.05, 4.69) is 5.32 Å². The Morgan fingerprint density at radius 1 is 1.38 bits per heavy atom. The Labute approximate surface area is 73.0 Å². The average Bonchev–Trinajstić information content (AvgIpc) is 2.07. The van der Waals surface area contributed by atoms with E-state index in [1.165, 1.54) is 6.07 Å². The molecular weight excluding hydrogens is 180 g/mol. The van der Waals surface area contributed by atoms with Crippen molar-refractivity contribution in [1.29, 1.82) is 0 Å². The Morgan fingerprint density at radius 3 is 2.62 bits per heavy atom. The summed E-state index contributed by atoms with van der Waals surface area (Å²) in [5.41, 5.74) is 0.237. The number of anilines is 1. The Kier molecular flexibility index (Phi) is 2.79.